The number of ether oxygens (including phenoxy) is 1. The minimum Gasteiger partial charge on any atom is -0.384 e. The van der Waals surface area contributed by atoms with Crippen LogP contribution in [0.25, 0.3) is 0 Å². The molecule has 0 spiro atoms. The van der Waals surface area contributed by atoms with E-state index in [0.29, 0.717) is 0 Å². The van der Waals surface area contributed by atoms with Crippen molar-refractivity contribution >= 4 is 0 Å². The zero-order chi connectivity index (χ0) is 11.2. The van der Waals surface area contributed by atoms with Crippen molar-refractivity contribution in [2.75, 3.05) is 39.9 Å². The first-order valence-electron chi connectivity index (χ1n) is 6.83. The van der Waals surface area contributed by atoms with E-state index in [4.69, 9.17) is 4.74 Å². The first-order valence-corrected chi connectivity index (χ1v) is 6.83. The lowest BCUT2D eigenvalue weighted by Crippen LogP contribution is -2.38. The number of piperidine rings is 1. The quantitative estimate of drug-likeness (QED) is 0.666. The average Bonchev–Trinajstić information content (AvgIpc) is 3.09. The highest BCUT2D eigenvalue weighted by Crippen LogP contribution is 2.19. The highest BCUT2D eigenvalue weighted by molar-refractivity contribution is 4.81. The number of likely N-dealkylation sites (tertiary alicyclic amines) is 1. The molecule has 0 amide bonds. The molecule has 1 saturated carbocycles. The third-order valence-corrected chi connectivity index (χ3v) is 3.67. The molecule has 1 aliphatic carbocycles. The largest absolute Gasteiger partial charge is 0.384 e. The minimum absolute atomic E-state index is 0.773. The molecule has 2 rings (SSSR count). The molecule has 1 heterocycles. The highest BCUT2D eigenvalue weighted by Gasteiger charge is 2.21. The maximum atomic E-state index is 5.26. The van der Waals surface area contributed by atoms with Gasteiger partial charge in [0.25, 0.3) is 0 Å². The number of hydrogen-bond donors (Lipinski definition) is 1. The molecule has 94 valence electrons. The summed E-state index contributed by atoms with van der Waals surface area (Å²) in [6.07, 6.45) is 6.81. The Kier molecular flexibility index (Phi) is 5.07. The first-order chi connectivity index (χ1) is 7.88. The van der Waals surface area contributed by atoms with Gasteiger partial charge in [0.15, 0.2) is 0 Å². The van der Waals surface area contributed by atoms with Gasteiger partial charge in [0, 0.05) is 19.7 Å². The summed E-state index contributed by atoms with van der Waals surface area (Å²) in [5, 5.41) is 3.58. The van der Waals surface area contributed by atoms with Gasteiger partial charge < -0.3 is 15.0 Å². The summed E-state index contributed by atoms with van der Waals surface area (Å²) in [4.78, 5) is 2.61. The van der Waals surface area contributed by atoms with Gasteiger partial charge in [-0.25, -0.2) is 0 Å². The summed E-state index contributed by atoms with van der Waals surface area (Å²) in [5.41, 5.74) is 0. The Labute approximate surface area is 99.5 Å². The molecule has 1 unspecified atom stereocenters. The van der Waals surface area contributed by atoms with Crippen molar-refractivity contribution in [3.63, 3.8) is 0 Å². The van der Waals surface area contributed by atoms with Crippen molar-refractivity contribution in [3.05, 3.63) is 0 Å². The molecule has 2 fully saturated rings. The molecule has 2 aliphatic rings. The fourth-order valence-electron chi connectivity index (χ4n) is 2.62. The summed E-state index contributed by atoms with van der Waals surface area (Å²) >= 11 is 0. The summed E-state index contributed by atoms with van der Waals surface area (Å²) < 4.78 is 5.26. The molecule has 0 aromatic carbocycles. The Morgan fingerprint density at radius 3 is 2.94 bits per heavy atom. The summed E-state index contributed by atoms with van der Waals surface area (Å²) in [5.74, 6) is 0.773. The molecular weight excluding hydrogens is 200 g/mol. The van der Waals surface area contributed by atoms with E-state index in [1.165, 1.54) is 58.3 Å². The van der Waals surface area contributed by atoms with Gasteiger partial charge in [-0.2, -0.15) is 0 Å². The highest BCUT2D eigenvalue weighted by atomic mass is 16.5. The van der Waals surface area contributed by atoms with Crippen LogP contribution in [-0.2, 0) is 4.74 Å². The second-order valence-corrected chi connectivity index (χ2v) is 5.35. The van der Waals surface area contributed by atoms with E-state index in [1.807, 2.05) is 7.11 Å². The van der Waals surface area contributed by atoms with Crippen LogP contribution in [-0.4, -0.2) is 50.8 Å². The first kappa shape index (κ1) is 12.3. The van der Waals surface area contributed by atoms with E-state index < -0.39 is 0 Å². The van der Waals surface area contributed by atoms with Crippen molar-refractivity contribution in [2.24, 2.45) is 5.92 Å². The molecule has 3 heteroatoms. The van der Waals surface area contributed by atoms with Crippen LogP contribution in [0, 0.1) is 5.92 Å². The molecule has 0 aromatic heterocycles. The fraction of sp³-hybridized carbons (Fsp3) is 1.00. The summed E-state index contributed by atoms with van der Waals surface area (Å²) in [6.45, 7) is 5.95. The Bertz CT molecular complexity index is 192. The third kappa shape index (κ3) is 4.40. The maximum Gasteiger partial charge on any atom is 0.0502 e. The normalized spacial score (nSPS) is 27.2. The molecule has 1 N–H and O–H groups in total. The van der Waals surface area contributed by atoms with E-state index >= 15 is 0 Å². The molecule has 1 saturated heterocycles. The summed E-state index contributed by atoms with van der Waals surface area (Å²) in [7, 11) is 1.82. The molecule has 1 aliphatic heterocycles. The van der Waals surface area contributed by atoms with Crippen molar-refractivity contribution in [1.29, 1.82) is 0 Å². The number of nitrogens with one attached hydrogen (secondary N) is 1. The van der Waals surface area contributed by atoms with Crippen LogP contribution < -0.4 is 5.32 Å². The number of hydrogen-bond acceptors (Lipinski definition) is 3. The van der Waals surface area contributed by atoms with E-state index in [1.54, 1.807) is 0 Å². The summed E-state index contributed by atoms with van der Waals surface area (Å²) in [6, 6.07) is 0.864. The van der Waals surface area contributed by atoms with Crippen molar-refractivity contribution < 1.29 is 4.74 Å². The lowest BCUT2D eigenvalue weighted by atomic mass is 9.99. The third-order valence-electron chi connectivity index (χ3n) is 3.67. The van der Waals surface area contributed by atoms with Gasteiger partial charge in [-0.15, -0.1) is 0 Å². The molecule has 0 radical (unpaired) electrons. The van der Waals surface area contributed by atoms with Gasteiger partial charge >= 0.3 is 0 Å². The lowest BCUT2D eigenvalue weighted by molar-refractivity contribution is 0.0901. The monoisotopic (exact) mass is 226 g/mol. The zero-order valence-electron chi connectivity index (χ0n) is 10.6. The van der Waals surface area contributed by atoms with Gasteiger partial charge in [0.1, 0.15) is 0 Å². The van der Waals surface area contributed by atoms with Crippen LogP contribution in [0.15, 0.2) is 0 Å². The molecule has 0 bridgehead atoms. The van der Waals surface area contributed by atoms with Crippen LogP contribution in [0.1, 0.15) is 32.1 Å². The second-order valence-electron chi connectivity index (χ2n) is 5.35. The van der Waals surface area contributed by atoms with E-state index in [2.05, 4.69) is 10.2 Å². The van der Waals surface area contributed by atoms with Crippen LogP contribution in [0.3, 0.4) is 0 Å². The smallest absolute Gasteiger partial charge is 0.0502 e. The molecule has 1 atom stereocenters. The Hall–Kier alpha value is -0.120. The Balaban J connectivity index is 1.53. The fourth-order valence-corrected chi connectivity index (χ4v) is 2.62. The molecule has 16 heavy (non-hydrogen) atoms. The Morgan fingerprint density at radius 2 is 2.19 bits per heavy atom. The number of rotatable bonds is 7. The van der Waals surface area contributed by atoms with E-state index in [-0.39, 0.29) is 0 Å². The molecule has 3 nitrogen and oxygen atoms in total. The van der Waals surface area contributed by atoms with Gasteiger partial charge in [-0.05, 0) is 57.7 Å². The van der Waals surface area contributed by atoms with Crippen LogP contribution in [0.4, 0.5) is 0 Å². The Morgan fingerprint density at radius 1 is 1.31 bits per heavy atom. The van der Waals surface area contributed by atoms with Crippen LogP contribution in [0.5, 0.6) is 0 Å². The number of methoxy groups -OCH3 is 1. The average molecular weight is 226 g/mol. The SMILES string of the molecule is COCC1CCCN(CCCNC2CC2)C1. The van der Waals surface area contributed by atoms with Gasteiger partial charge in [-0.3, -0.25) is 0 Å². The van der Waals surface area contributed by atoms with Gasteiger partial charge in [0.05, 0.1) is 6.61 Å². The van der Waals surface area contributed by atoms with Gasteiger partial charge in [0.2, 0.25) is 0 Å². The number of nitrogens with zero attached hydrogens (tertiary/aromatic N) is 1. The maximum absolute atomic E-state index is 5.26. The van der Waals surface area contributed by atoms with E-state index in [0.717, 1.165) is 18.6 Å². The van der Waals surface area contributed by atoms with Crippen molar-refractivity contribution in [2.45, 2.75) is 38.1 Å². The van der Waals surface area contributed by atoms with Crippen molar-refractivity contribution in [1.82, 2.24) is 10.2 Å². The second kappa shape index (κ2) is 6.58. The predicted octanol–water partition coefficient (Wildman–Crippen LogP) is 1.49. The standard InChI is InChI=1S/C13H26N2O/c1-16-11-12-4-2-8-15(10-12)9-3-7-14-13-5-6-13/h12-14H,2-11H2,1H3. The van der Waals surface area contributed by atoms with Crippen molar-refractivity contribution in [3.8, 4) is 0 Å². The molecular formula is C13H26N2O. The van der Waals surface area contributed by atoms with E-state index in [9.17, 15) is 0 Å². The predicted molar refractivity (Wildman–Crippen MR) is 66.7 cm³/mol. The topological polar surface area (TPSA) is 24.5 Å². The van der Waals surface area contributed by atoms with Crippen LogP contribution >= 0.6 is 0 Å². The van der Waals surface area contributed by atoms with Gasteiger partial charge in [-0.1, -0.05) is 0 Å². The molecule has 0 aromatic rings. The zero-order valence-corrected chi connectivity index (χ0v) is 10.6. The lowest BCUT2D eigenvalue weighted by Gasteiger charge is -2.32. The van der Waals surface area contributed by atoms with Crippen LogP contribution in [0.2, 0.25) is 0 Å². The minimum atomic E-state index is 0.773.